The minimum Gasteiger partial charge on any atom is -0.313 e. The van der Waals surface area contributed by atoms with Crippen LogP contribution in [-0.2, 0) is 5.41 Å². The lowest BCUT2D eigenvalue weighted by atomic mass is 9.69. The Balaban J connectivity index is 2.00. The lowest BCUT2D eigenvalue weighted by Gasteiger charge is -2.42. The van der Waals surface area contributed by atoms with Crippen molar-refractivity contribution in [3.8, 4) is 0 Å². The molecule has 1 saturated carbocycles. The zero-order chi connectivity index (χ0) is 15.5. The average molecular weight is 287 g/mol. The van der Waals surface area contributed by atoms with Crippen molar-refractivity contribution in [2.24, 2.45) is 11.3 Å². The molecule has 0 bridgehead atoms. The van der Waals surface area contributed by atoms with E-state index in [0.29, 0.717) is 11.5 Å². The monoisotopic (exact) mass is 287 g/mol. The van der Waals surface area contributed by atoms with Gasteiger partial charge in [-0.1, -0.05) is 77.8 Å². The second kappa shape index (κ2) is 6.52. The van der Waals surface area contributed by atoms with Gasteiger partial charge in [0.2, 0.25) is 0 Å². The predicted octanol–water partition coefficient (Wildman–Crippen LogP) is 5.16. The van der Waals surface area contributed by atoms with Crippen LogP contribution < -0.4 is 5.32 Å². The van der Waals surface area contributed by atoms with Gasteiger partial charge in [0.15, 0.2) is 0 Å². The molecule has 0 aliphatic heterocycles. The van der Waals surface area contributed by atoms with Crippen molar-refractivity contribution < 1.29 is 0 Å². The lowest BCUT2D eigenvalue weighted by Crippen LogP contribution is -2.47. The molecule has 1 heteroatoms. The molecule has 0 amide bonds. The van der Waals surface area contributed by atoms with Crippen molar-refractivity contribution in [2.75, 3.05) is 6.54 Å². The van der Waals surface area contributed by atoms with E-state index in [1.54, 1.807) is 0 Å². The summed E-state index contributed by atoms with van der Waals surface area (Å²) >= 11 is 0. The fourth-order valence-corrected chi connectivity index (χ4v) is 3.79. The van der Waals surface area contributed by atoms with Gasteiger partial charge in [0.25, 0.3) is 0 Å². The molecule has 2 rings (SSSR count). The van der Waals surface area contributed by atoms with Gasteiger partial charge in [-0.15, -0.1) is 0 Å². The Labute approximate surface area is 131 Å². The van der Waals surface area contributed by atoms with Crippen LogP contribution in [0.4, 0.5) is 0 Å². The molecule has 1 aromatic rings. The molecule has 0 saturated heterocycles. The van der Waals surface area contributed by atoms with Gasteiger partial charge < -0.3 is 5.32 Å². The first-order chi connectivity index (χ1) is 9.81. The summed E-state index contributed by atoms with van der Waals surface area (Å²) in [4.78, 5) is 0. The Morgan fingerprint density at radius 1 is 0.952 bits per heavy atom. The van der Waals surface area contributed by atoms with E-state index < -0.39 is 0 Å². The quantitative estimate of drug-likeness (QED) is 0.806. The fourth-order valence-electron chi connectivity index (χ4n) is 3.79. The highest BCUT2D eigenvalue weighted by Crippen LogP contribution is 2.38. The van der Waals surface area contributed by atoms with Crippen LogP contribution in [0, 0.1) is 11.3 Å². The molecular weight excluding hydrogens is 254 g/mol. The molecule has 2 unspecified atom stereocenters. The van der Waals surface area contributed by atoms with Crippen molar-refractivity contribution in [3.63, 3.8) is 0 Å². The molecule has 2 atom stereocenters. The van der Waals surface area contributed by atoms with Crippen molar-refractivity contribution >= 4 is 0 Å². The highest BCUT2D eigenvalue weighted by atomic mass is 14.9. The summed E-state index contributed by atoms with van der Waals surface area (Å²) < 4.78 is 0. The highest BCUT2D eigenvalue weighted by molar-refractivity contribution is 5.23. The summed E-state index contributed by atoms with van der Waals surface area (Å²) in [6.07, 6.45) is 5.51. The summed E-state index contributed by atoms with van der Waals surface area (Å²) in [7, 11) is 0. The maximum absolute atomic E-state index is 3.92. The summed E-state index contributed by atoms with van der Waals surface area (Å²) in [5.74, 6) is 0.804. The third kappa shape index (κ3) is 4.32. The molecule has 0 radical (unpaired) electrons. The average Bonchev–Trinajstić information content (AvgIpc) is 2.45. The van der Waals surface area contributed by atoms with Crippen molar-refractivity contribution in [3.05, 3.63) is 35.9 Å². The van der Waals surface area contributed by atoms with E-state index in [9.17, 15) is 0 Å². The topological polar surface area (TPSA) is 12.0 Å². The van der Waals surface area contributed by atoms with Crippen LogP contribution in [0.5, 0.6) is 0 Å². The molecule has 118 valence electrons. The molecule has 0 spiro atoms. The van der Waals surface area contributed by atoms with Crippen LogP contribution in [0.2, 0.25) is 0 Å². The molecule has 1 fully saturated rings. The van der Waals surface area contributed by atoms with E-state index in [-0.39, 0.29) is 5.41 Å². The zero-order valence-electron chi connectivity index (χ0n) is 14.6. The molecule has 1 aromatic carbocycles. The summed E-state index contributed by atoms with van der Waals surface area (Å²) in [5.41, 5.74) is 2.04. The third-order valence-electron chi connectivity index (χ3n) is 5.24. The Morgan fingerprint density at radius 2 is 1.57 bits per heavy atom. The van der Waals surface area contributed by atoms with Crippen LogP contribution in [0.15, 0.2) is 30.3 Å². The number of benzene rings is 1. The van der Waals surface area contributed by atoms with Crippen LogP contribution >= 0.6 is 0 Å². The Hall–Kier alpha value is -0.820. The molecule has 1 aliphatic rings. The van der Waals surface area contributed by atoms with E-state index in [2.05, 4.69) is 70.3 Å². The predicted molar refractivity (Wildman–Crippen MR) is 92.7 cm³/mol. The molecule has 1 N–H and O–H groups in total. The number of hydrogen-bond acceptors (Lipinski definition) is 1. The van der Waals surface area contributed by atoms with Crippen molar-refractivity contribution in [1.29, 1.82) is 0 Å². The summed E-state index contributed by atoms with van der Waals surface area (Å²) in [5, 5.41) is 3.92. The SMILES string of the molecule is CC(C)(CNC1CCCCC1C(C)(C)C)c1ccccc1. The van der Waals surface area contributed by atoms with E-state index in [1.807, 2.05) is 0 Å². The third-order valence-corrected chi connectivity index (χ3v) is 5.24. The first-order valence-electron chi connectivity index (χ1n) is 8.59. The van der Waals surface area contributed by atoms with Crippen LogP contribution in [0.1, 0.15) is 65.9 Å². The molecule has 21 heavy (non-hydrogen) atoms. The van der Waals surface area contributed by atoms with E-state index in [4.69, 9.17) is 0 Å². The second-order valence-corrected chi connectivity index (χ2v) is 8.49. The van der Waals surface area contributed by atoms with Gasteiger partial charge in [0, 0.05) is 18.0 Å². The van der Waals surface area contributed by atoms with Crippen LogP contribution in [0.3, 0.4) is 0 Å². The molecule has 0 aromatic heterocycles. The highest BCUT2D eigenvalue weighted by Gasteiger charge is 2.34. The van der Waals surface area contributed by atoms with Crippen LogP contribution in [0.25, 0.3) is 0 Å². The van der Waals surface area contributed by atoms with E-state index in [1.165, 1.54) is 31.2 Å². The number of hydrogen-bond donors (Lipinski definition) is 1. The fraction of sp³-hybridized carbons (Fsp3) is 0.700. The number of nitrogens with one attached hydrogen (secondary N) is 1. The summed E-state index contributed by atoms with van der Waals surface area (Å²) in [6.45, 7) is 13.0. The van der Waals surface area contributed by atoms with Crippen LogP contribution in [-0.4, -0.2) is 12.6 Å². The molecule has 1 nitrogen and oxygen atoms in total. The first kappa shape index (κ1) is 16.5. The Morgan fingerprint density at radius 3 is 2.19 bits per heavy atom. The van der Waals surface area contributed by atoms with E-state index >= 15 is 0 Å². The molecule has 0 heterocycles. The minimum atomic E-state index is 0.196. The standard InChI is InChI=1S/C20H33N/c1-19(2,3)17-13-9-10-14-18(17)21-15-20(4,5)16-11-7-6-8-12-16/h6-8,11-12,17-18,21H,9-10,13-15H2,1-5H3. The smallest absolute Gasteiger partial charge is 0.0101 e. The van der Waals surface area contributed by atoms with Gasteiger partial charge in [-0.25, -0.2) is 0 Å². The zero-order valence-corrected chi connectivity index (χ0v) is 14.6. The first-order valence-corrected chi connectivity index (χ1v) is 8.59. The van der Waals surface area contributed by atoms with Gasteiger partial charge in [0.05, 0.1) is 0 Å². The van der Waals surface area contributed by atoms with Gasteiger partial charge in [-0.2, -0.15) is 0 Å². The Kier molecular flexibility index (Phi) is 5.14. The minimum absolute atomic E-state index is 0.196. The van der Waals surface area contributed by atoms with Gasteiger partial charge >= 0.3 is 0 Å². The number of rotatable bonds is 4. The van der Waals surface area contributed by atoms with Gasteiger partial charge in [-0.3, -0.25) is 0 Å². The Bertz CT molecular complexity index is 427. The largest absolute Gasteiger partial charge is 0.313 e. The second-order valence-electron chi connectivity index (χ2n) is 8.49. The van der Waals surface area contributed by atoms with E-state index in [0.717, 1.165) is 12.5 Å². The van der Waals surface area contributed by atoms with Gasteiger partial charge in [0.1, 0.15) is 0 Å². The summed E-state index contributed by atoms with van der Waals surface area (Å²) in [6, 6.07) is 11.6. The maximum Gasteiger partial charge on any atom is 0.0101 e. The molecular formula is C20H33N. The normalized spacial score (nSPS) is 24.0. The maximum atomic E-state index is 3.92. The van der Waals surface area contributed by atoms with Crippen molar-refractivity contribution in [2.45, 2.75) is 71.8 Å². The molecule has 1 aliphatic carbocycles. The van der Waals surface area contributed by atoms with Gasteiger partial charge in [-0.05, 0) is 29.7 Å². The lowest BCUT2D eigenvalue weighted by molar-refractivity contribution is 0.127. The van der Waals surface area contributed by atoms with Crippen molar-refractivity contribution in [1.82, 2.24) is 5.32 Å².